The molecule has 2 heterocycles. The zero-order chi connectivity index (χ0) is 21.6. The summed E-state index contributed by atoms with van der Waals surface area (Å²) in [6, 6.07) is 21.9. The maximum Gasteiger partial charge on any atom is 0.129 e. The van der Waals surface area contributed by atoms with E-state index in [1.54, 1.807) is 12.1 Å². The molecule has 1 aliphatic heterocycles. The largest absolute Gasteiger partial charge is 0.508 e. The van der Waals surface area contributed by atoms with E-state index in [4.69, 9.17) is 4.74 Å². The molecular weight excluding hydrogens is 386 g/mol. The van der Waals surface area contributed by atoms with Gasteiger partial charge in [-0.15, -0.1) is 5.10 Å². The smallest absolute Gasteiger partial charge is 0.129 e. The van der Waals surface area contributed by atoms with Gasteiger partial charge in [0.15, 0.2) is 0 Å². The second kappa shape index (κ2) is 7.27. The van der Waals surface area contributed by atoms with Crippen LogP contribution in [0.5, 0.6) is 11.5 Å². The Balaban J connectivity index is 1.75. The second-order valence-corrected chi connectivity index (χ2v) is 9.02. The van der Waals surface area contributed by atoms with E-state index in [1.807, 2.05) is 35.0 Å². The molecule has 1 N–H and O–H groups in total. The zero-order valence-corrected chi connectivity index (χ0v) is 18.0. The summed E-state index contributed by atoms with van der Waals surface area (Å²) >= 11 is 0. The highest BCUT2D eigenvalue weighted by Crippen LogP contribution is 2.42. The van der Waals surface area contributed by atoms with E-state index in [1.165, 1.54) is 5.56 Å². The van der Waals surface area contributed by atoms with Gasteiger partial charge >= 0.3 is 0 Å². The van der Waals surface area contributed by atoms with E-state index in [0.717, 1.165) is 39.4 Å². The van der Waals surface area contributed by atoms with Gasteiger partial charge in [0.05, 0.1) is 12.2 Å². The lowest BCUT2D eigenvalue weighted by molar-refractivity contribution is 0.306. The third-order valence-electron chi connectivity index (χ3n) is 5.74. The Morgan fingerprint density at radius 2 is 1.77 bits per heavy atom. The maximum atomic E-state index is 10.1. The Morgan fingerprint density at radius 1 is 0.968 bits per heavy atom. The van der Waals surface area contributed by atoms with Crippen molar-refractivity contribution in [2.24, 2.45) is 0 Å². The molecule has 0 amide bonds. The van der Waals surface area contributed by atoms with E-state index in [2.05, 4.69) is 55.3 Å². The fourth-order valence-corrected chi connectivity index (χ4v) is 4.02. The van der Waals surface area contributed by atoms with E-state index < -0.39 is 0 Å². The molecule has 156 valence electrons. The number of aromatic hydroxyl groups is 1. The summed E-state index contributed by atoms with van der Waals surface area (Å²) in [5.74, 6) is 0.991. The van der Waals surface area contributed by atoms with Gasteiger partial charge in [-0.3, -0.25) is 0 Å². The number of aromatic nitrogens is 3. The highest BCUT2D eigenvalue weighted by atomic mass is 16.5. The van der Waals surface area contributed by atoms with Crippen molar-refractivity contribution < 1.29 is 9.84 Å². The summed E-state index contributed by atoms with van der Waals surface area (Å²) < 4.78 is 8.12. The molecule has 4 aromatic rings. The lowest BCUT2D eigenvalue weighted by Crippen LogP contribution is -2.12. The van der Waals surface area contributed by atoms with Crippen molar-refractivity contribution in [3.05, 3.63) is 83.4 Å². The van der Waals surface area contributed by atoms with Gasteiger partial charge in [0, 0.05) is 16.7 Å². The number of ether oxygens (including phenoxy) is 1. The molecule has 0 spiro atoms. The summed E-state index contributed by atoms with van der Waals surface area (Å²) in [5.41, 5.74) is 6.92. The number of fused-ring (bicyclic) bond motifs is 5. The Kier molecular flexibility index (Phi) is 4.54. The van der Waals surface area contributed by atoms with Gasteiger partial charge in [-0.1, -0.05) is 62.4 Å². The van der Waals surface area contributed by atoms with Gasteiger partial charge in [0.2, 0.25) is 0 Å². The van der Waals surface area contributed by atoms with Crippen LogP contribution >= 0.6 is 0 Å². The zero-order valence-electron chi connectivity index (χ0n) is 18.0. The Labute approximate surface area is 181 Å². The SMILES string of the molecule is CC(C)(C)c1ccc2c(c1)-c1nnn(Cc3ccccc3)c1-c1ccc(O)cc1CO2. The average molecular weight is 412 g/mol. The second-order valence-electron chi connectivity index (χ2n) is 9.02. The first kappa shape index (κ1) is 19.4. The summed E-state index contributed by atoms with van der Waals surface area (Å²) in [5, 5.41) is 19.2. The van der Waals surface area contributed by atoms with E-state index in [0.29, 0.717) is 13.2 Å². The lowest BCUT2D eigenvalue weighted by atomic mass is 9.85. The van der Waals surface area contributed by atoms with Gasteiger partial charge in [-0.25, -0.2) is 4.68 Å². The van der Waals surface area contributed by atoms with Crippen molar-refractivity contribution in [1.82, 2.24) is 15.0 Å². The van der Waals surface area contributed by atoms with Crippen LogP contribution in [0, 0.1) is 0 Å². The van der Waals surface area contributed by atoms with Crippen molar-refractivity contribution in [2.45, 2.75) is 39.3 Å². The van der Waals surface area contributed by atoms with Gasteiger partial charge in [-0.2, -0.15) is 0 Å². The van der Waals surface area contributed by atoms with Crippen molar-refractivity contribution >= 4 is 0 Å². The molecule has 1 aromatic heterocycles. The molecule has 1 aliphatic rings. The van der Waals surface area contributed by atoms with Crippen LogP contribution in [-0.2, 0) is 18.6 Å². The molecule has 0 aliphatic carbocycles. The number of hydrogen-bond acceptors (Lipinski definition) is 4. The summed E-state index contributed by atoms with van der Waals surface area (Å²) in [4.78, 5) is 0. The molecule has 0 atom stereocenters. The number of phenols is 1. The summed E-state index contributed by atoms with van der Waals surface area (Å²) in [6.07, 6.45) is 0. The van der Waals surface area contributed by atoms with Crippen LogP contribution in [0.1, 0.15) is 37.5 Å². The molecule has 31 heavy (non-hydrogen) atoms. The van der Waals surface area contributed by atoms with Crippen LogP contribution in [0.3, 0.4) is 0 Å². The predicted octanol–water partition coefficient (Wildman–Crippen LogP) is 5.56. The minimum atomic E-state index is 0.00128. The van der Waals surface area contributed by atoms with E-state index >= 15 is 0 Å². The Hall–Kier alpha value is -3.60. The normalized spacial score (nSPS) is 12.7. The minimum absolute atomic E-state index is 0.00128. The minimum Gasteiger partial charge on any atom is -0.508 e. The van der Waals surface area contributed by atoms with Gasteiger partial charge in [0.1, 0.15) is 23.8 Å². The first-order valence-electron chi connectivity index (χ1n) is 10.5. The van der Waals surface area contributed by atoms with E-state index in [-0.39, 0.29) is 11.2 Å². The lowest BCUT2D eigenvalue weighted by Gasteiger charge is -2.23. The van der Waals surface area contributed by atoms with Crippen LogP contribution in [0.15, 0.2) is 66.7 Å². The third-order valence-corrected chi connectivity index (χ3v) is 5.74. The number of benzene rings is 3. The highest BCUT2D eigenvalue weighted by Gasteiger charge is 2.26. The molecule has 5 nitrogen and oxygen atoms in total. The fourth-order valence-electron chi connectivity index (χ4n) is 4.02. The average Bonchev–Trinajstić information content (AvgIpc) is 3.13. The first-order valence-corrected chi connectivity index (χ1v) is 10.5. The Bertz CT molecular complexity index is 1250. The molecule has 0 fully saturated rings. The molecule has 0 radical (unpaired) electrons. The third kappa shape index (κ3) is 3.56. The van der Waals surface area contributed by atoms with Crippen molar-refractivity contribution in [2.75, 3.05) is 0 Å². The van der Waals surface area contributed by atoms with Crippen LogP contribution in [0.2, 0.25) is 0 Å². The Morgan fingerprint density at radius 3 is 2.55 bits per heavy atom. The highest BCUT2D eigenvalue weighted by molar-refractivity contribution is 5.84. The molecule has 0 saturated heterocycles. The number of nitrogens with zero attached hydrogens (tertiary/aromatic N) is 3. The molecule has 5 heteroatoms. The van der Waals surface area contributed by atoms with Crippen LogP contribution in [0.25, 0.3) is 22.5 Å². The monoisotopic (exact) mass is 411 g/mol. The van der Waals surface area contributed by atoms with Crippen LogP contribution in [-0.4, -0.2) is 20.1 Å². The van der Waals surface area contributed by atoms with Gasteiger partial charge in [0.25, 0.3) is 0 Å². The van der Waals surface area contributed by atoms with E-state index in [9.17, 15) is 5.11 Å². The predicted molar refractivity (Wildman–Crippen MR) is 121 cm³/mol. The standard InChI is InChI=1S/C26H25N3O2/c1-26(2,3)19-9-12-23-22(14-19)24-25(21-11-10-20(30)13-18(21)16-31-23)29(28-27-24)15-17-7-5-4-6-8-17/h4-14,30H,15-16H2,1-3H3. The van der Waals surface area contributed by atoms with Crippen molar-refractivity contribution in [3.63, 3.8) is 0 Å². The topological polar surface area (TPSA) is 60.2 Å². The molecule has 0 bridgehead atoms. The maximum absolute atomic E-state index is 10.1. The number of hydrogen-bond donors (Lipinski definition) is 1. The first-order chi connectivity index (χ1) is 14.9. The molecule has 3 aromatic carbocycles. The quantitative estimate of drug-likeness (QED) is 0.469. The number of rotatable bonds is 2. The summed E-state index contributed by atoms with van der Waals surface area (Å²) in [6.45, 7) is 7.57. The van der Waals surface area contributed by atoms with Crippen molar-refractivity contribution in [3.8, 4) is 34.0 Å². The van der Waals surface area contributed by atoms with Gasteiger partial charge < -0.3 is 9.84 Å². The fraction of sp³-hybridized carbons (Fsp3) is 0.231. The van der Waals surface area contributed by atoms with Gasteiger partial charge in [-0.05, 0) is 46.9 Å². The van der Waals surface area contributed by atoms with Crippen LogP contribution < -0.4 is 4.74 Å². The molecular formula is C26H25N3O2. The summed E-state index contributed by atoms with van der Waals surface area (Å²) in [7, 11) is 0. The molecule has 0 saturated carbocycles. The number of phenolic OH excluding ortho intramolecular Hbond substituents is 1. The van der Waals surface area contributed by atoms with Crippen LogP contribution in [0.4, 0.5) is 0 Å². The molecule has 0 unspecified atom stereocenters. The molecule has 5 rings (SSSR count). The van der Waals surface area contributed by atoms with Crippen molar-refractivity contribution in [1.29, 1.82) is 0 Å².